The summed E-state index contributed by atoms with van der Waals surface area (Å²) in [4.78, 5) is 61.4. The average molecular weight is 514 g/mol. The Bertz CT molecular complexity index is 607. The zero-order valence-electron chi connectivity index (χ0n) is 19.6. The van der Waals surface area contributed by atoms with Gasteiger partial charge in [-0.05, 0) is 0 Å². The molecule has 0 aromatic heterocycles. The molecule has 13 N–H and O–H groups in total. The number of nitrogens with two attached hydrogens (primary N) is 2. The maximum absolute atomic E-state index is 11.9. The molecule has 17 nitrogen and oxygen atoms in total. The topological polar surface area (TPSA) is 295 Å². The van der Waals surface area contributed by atoms with Gasteiger partial charge in [0.25, 0.3) is 0 Å². The van der Waals surface area contributed by atoms with Gasteiger partial charge < -0.3 is 48.4 Å². The van der Waals surface area contributed by atoms with Crippen molar-refractivity contribution in [2.24, 2.45) is 11.5 Å². The molecule has 2 amide bonds. The lowest BCUT2D eigenvalue weighted by molar-refractivity contribution is -0.141. The molecular weight excluding hydrogens is 474 g/mol. The van der Waals surface area contributed by atoms with Crippen LogP contribution in [-0.4, -0.2) is 156 Å². The Morgan fingerprint density at radius 3 is 1.11 bits per heavy atom. The molecule has 35 heavy (non-hydrogen) atoms. The van der Waals surface area contributed by atoms with E-state index in [0.29, 0.717) is 0 Å². The van der Waals surface area contributed by atoms with Crippen molar-refractivity contribution in [1.29, 1.82) is 0 Å². The van der Waals surface area contributed by atoms with Crippen molar-refractivity contribution in [2.75, 3.05) is 85.1 Å². The van der Waals surface area contributed by atoms with Crippen LogP contribution in [0.1, 0.15) is 0 Å². The van der Waals surface area contributed by atoms with Gasteiger partial charge in [-0.1, -0.05) is 0 Å². The minimum atomic E-state index is -1.15. The Hall–Kier alpha value is -2.93. The first kappa shape index (κ1) is 36.6. The van der Waals surface area contributed by atoms with Gasteiger partial charge in [0.15, 0.2) is 0 Å². The van der Waals surface area contributed by atoms with E-state index in [2.05, 4.69) is 10.6 Å². The highest BCUT2D eigenvalue weighted by molar-refractivity contribution is 5.79. The van der Waals surface area contributed by atoms with Crippen LogP contribution >= 0.6 is 0 Å². The van der Waals surface area contributed by atoms with E-state index in [4.69, 9.17) is 21.7 Å². The van der Waals surface area contributed by atoms with Crippen molar-refractivity contribution in [3.8, 4) is 0 Å². The number of carbonyl (C=O) groups is 5. The first-order valence-electron chi connectivity index (χ1n) is 10.3. The lowest BCUT2D eigenvalue weighted by atomic mass is 10.3. The quantitative estimate of drug-likeness (QED) is 0.0797. The number of carbonyl (C=O) groups excluding carboxylic acids is 2. The molecule has 0 aliphatic heterocycles. The lowest BCUT2D eigenvalue weighted by Gasteiger charge is -2.28. The van der Waals surface area contributed by atoms with Gasteiger partial charge in [0, 0.05) is 52.4 Å². The Kier molecular flexibility index (Phi) is 22.6. The van der Waals surface area contributed by atoms with E-state index in [-0.39, 0.29) is 82.9 Å². The fourth-order valence-corrected chi connectivity index (χ4v) is 2.78. The highest BCUT2D eigenvalue weighted by Crippen LogP contribution is 1.97. The van der Waals surface area contributed by atoms with Crippen molar-refractivity contribution >= 4 is 29.7 Å². The number of hydrogen-bond acceptors (Lipinski definition) is 10. The number of amides is 2. The summed E-state index contributed by atoms with van der Waals surface area (Å²) in [5, 5.41) is 32.4. The molecule has 0 spiro atoms. The number of aliphatic carboxylic acids is 3. The Morgan fingerprint density at radius 1 is 0.543 bits per heavy atom. The van der Waals surface area contributed by atoms with E-state index in [0.717, 1.165) is 0 Å². The first-order valence-corrected chi connectivity index (χ1v) is 10.3. The second kappa shape index (κ2) is 21.6. The molecular formula is C18H39N7O10. The van der Waals surface area contributed by atoms with Gasteiger partial charge >= 0.3 is 17.9 Å². The summed E-state index contributed by atoms with van der Waals surface area (Å²) < 4.78 is 0. The second-order valence-electron chi connectivity index (χ2n) is 7.16. The van der Waals surface area contributed by atoms with E-state index in [1.165, 1.54) is 14.7 Å². The van der Waals surface area contributed by atoms with E-state index in [1.54, 1.807) is 0 Å². The molecule has 0 aromatic carbocycles. The number of carboxylic acids is 3. The molecule has 206 valence electrons. The van der Waals surface area contributed by atoms with Crippen LogP contribution in [-0.2, 0) is 24.0 Å². The number of nitrogens with one attached hydrogen (secondary N) is 2. The summed E-state index contributed by atoms with van der Waals surface area (Å²) in [6.07, 6.45) is 0. The Labute approximate surface area is 202 Å². The number of carboxylic acid groups (broad SMARTS) is 3. The van der Waals surface area contributed by atoms with Crippen LogP contribution in [0.15, 0.2) is 0 Å². The molecule has 0 heterocycles. The molecule has 0 aliphatic rings. The van der Waals surface area contributed by atoms with Gasteiger partial charge in [0.2, 0.25) is 11.8 Å². The summed E-state index contributed by atoms with van der Waals surface area (Å²) in [5.74, 6) is -4.26. The van der Waals surface area contributed by atoms with Crippen molar-refractivity contribution in [3.63, 3.8) is 0 Å². The number of hydrogen-bond donors (Lipinski definition) is 7. The summed E-state index contributed by atoms with van der Waals surface area (Å²) in [6.45, 7) is -0.369. The zero-order chi connectivity index (χ0) is 25.2. The molecule has 0 aromatic rings. The molecule has 0 aliphatic carbocycles. The molecule has 17 heteroatoms. The summed E-state index contributed by atoms with van der Waals surface area (Å²) in [7, 11) is 0. The van der Waals surface area contributed by atoms with E-state index < -0.39 is 42.8 Å². The van der Waals surface area contributed by atoms with Gasteiger partial charge in [-0.25, -0.2) is 0 Å². The van der Waals surface area contributed by atoms with Crippen molar-refractivity contribution in [1.82, 2.24) is 25.3 Å². The standard InChI is InChI=1S/C18H35N7O8.2H2O/c19-1-3-21-14(26)9-24(12-17(30)31)7-5-23(11-16(28)29)6-8-25(13-18(32)33)10-15(27)22-4-2-20;;/h1-13,19-20H2,(H,21,26)(H,22,27)(H,28,29)(H,30,31)(H,32,33);2*1H2. The summed E-state index contributed by atoms with van der Waals surface area (Å²) in [5.41, 5.74) is 10.6. The number of nitrogens with zero attached hydrogens (tertiary/aromatic N) is 3. The molecule has 0 bridgehead atoms. The van der Waals surface area contributed by atoms with E-state index in [1.807, 2.05) is 0 Å². The molecule has 0 saturated carbocycles. The number of rotatable bonds is 20. The van der Waals surface area contributed by atoms with Crippen LogP contribution in [0.5, 0.6) is 0 Å². The fraction of sp³-hybridized carbons (Fsp3) is 0.722. The summed E-state index contributed by atoms with van der Waals surface area (Å²) in [6, 6.07) is 0. The van der Waals surface area contributed by atoms with Gasteiger partial charge in [0.05, 0.1) is 32.7 Å². The maximum atomic E-state index is 11.9. The molecule has 0 fully saturated rings. The van der Waals surface area contributed by atoms with E-state index in [9.17, 15) is 29.1 Å². The lowest BCUT2D eigenvalue weighted by Crippen LogP contribution is -2.47. The molecule has 0 atom stereocenters. The maximum Gasteiger partial charge on any atom is 0.317 e. The van der Waals surface area contributed by atoms with Crippen molar-refractivity contribution in [3.05, 3.63) is 0 Å². The van der Waals surface area contributed by atoms with Crippen LogP contribution < -0.4 is 22.1 Å². The van der Waals surface area contributed by atoms with Gasteiger partial charge in [0.1, 0.15) is 0 Å². The third-order valence-corrected chi connectivity index (χ3v) is 4.21. The Morgan fingerprint density at radius 2 is 0.829 bits per heavy atom. The predicted molar refractivity (Wildman–Crippen MR) is 124 cm³/mol. The highest BCUT2D eigenvalue weighted by Gasteiger charge is 2.19. The SMILES string of the molecule is NCCNC(=O)CN(CCN(CCN(CC(=O)O)CC(=O)NCCN)CC(=O)O)CC(=O)O.O.O. The van der Waals surface area contributed by atoms with E-state index >= 15 is 0 Å². The average Bonchev–Trinajstić information content (AvgIpc) is 2.71. The van der Waals surface area contributed by atoms with Crippen LogP contribution in [0, 0.1) is 0 Å². The van der Waals surface area contributed by atoms with Gasteiger partial charge in [-0.15, -0.1) is 0 Å². The fourth-order valence-electron chi connectivity index (χ4n) is 2.78. The van der Waals surface area contributed by atoms with Crippen LogP contribution in [0.4, 0.5) is 0 Å². The van der Waals surface area contributed by atoms with Crippen molar-refractivity contribution in [2.45, 2.75) is 0 Å². The molecule has 0 saturated heterocycles. The van der Waals surface area contributed by atoms with Crippen LogP contribution in [0.3, 0.4) is 0 Å². The Balaban J connectivity index is -0.00000512. The monoisotopic (exact) mass is 513 g/mol. The predicted octanol–water partition coefficient (Wildman–Crippen LogP) is -6.35. The highest BCUT2D eigenvalue weighted by atomic mass is 16.4. The first-order chi connectivity index (χ1) is 15.6. The minimum absolute atomic E-state index is 0. The van der Waals surface area contributed by atoms with Crippen molar-refractivity contribution < 1.29 is 50.2 Å². The summed E-state index contributed by atoms with van der Waals surface area (Å²) >= 11 is 0. The van der Waals surface area contributed by atoms with Gasteiger partial charge in [-0.3, -0.25) is 38.7 Å². The smallest absolute Gasteiger partial charge is 0.317 e. The third kappa shape index (κ3) is 21.3. The molecule has 0 radical (unpaired) electrons. The van der Waals surface area contributed by atoms with Gasteiger partial charge in [-0.2, -0.15) is 0 Å². The second-order valence-corrected chi connectivity index (χ2v) is 7.16. The molecule has 0 unspecified atom stereocenters. The van der Waals surface area contributed by atoms with Crippen LogP contribution in [0.25, 0.3) is 0 Å². The molecule has 0 rings (SSSR count). The third-order valence-electron chi connectivity index (χ3n) is 4.21. The van der Waals surface area contributed by atoms with Crippen LogP contribution in [0.2, 0.25) is 0 Å². The zero-order valence-corrected chi connectivity index (χ0v) is 19.6. The largest absolute Gasteiger partial charge is 0.480 e. The minimum Gasteiger partial charge on any atom is -0.480 e. The normalized spacial score (nSPS) is 10.4.